The van der Waals surface area contributed by atoms with E-state index in [1.165, 1.54) is 6.07 Å². The van der Waals surface area contributed by atoms with E-state index in [9.17, 15) is 4.39 Å². The highest BCUT2D eigenvalue weighted by atomic mass is 35.5. The minimum atomic E-state index is -0.335. The quantitative estimate of drug-likeness (QED) is 0.692. The van der Waals surface area contributed by atoms with E-state index in [0.717, 1.165) is 0 Å². The van der Waals surface area contributed by atoms with Gasteiger partial charge in [-0.15, -0.1) is 0 Å². The third kappa shape index (κ3) is 2.21. The zero-order chi connectivity index (χ0) is 8.97. The lowest BCUT2D eigenvalue weighted by atomic mass is 10.1. The van der Waals surface area contributed by atoms with Crippen molar-refractivity contribution in [3.63, 3.8) is 0 Å². The number of nitrogens with zero attached hydrogens (tertiary/aromatic N) is 1. The van der Waals surface area contributed by atoms with Gasteiger partial charge in [0.05, 0.1) is 6.07 Å². The Morgan fingerprint density at radius 1 is 1.50 bits per heavy atom. The Morgan fingerprint density at radius 2 is 2.25 bits per heavy atom. The second-order valence-electron chi connectivity index (χ2n) is 2.39. The van der Waals surface area contributed by atoms with Gasteiger partial charge in [-0.1, -0.05) is 17.7 Å². The summed E-state index contributed by atoms with van der Waals surface area (Å²) in [4.78, 5) is 0. The topological polar surface area (TPSA) is 23.8 Å². The van der Waals surface area contributed by atoms with Crippen LogP contribution in [-0.2, 0) is 6.42 Å². The first-order chi connectivity index (χ1) is 5.74. The Hall–Kier alpha value is -1.07. The van der Waals surface area contributed by atoms with Gasteiger partial charge in [0, 0.05) is 11.4 Å². The minimum absolute atomic E-state index is 0.332. The number of hydrogen-bond donors (Lipinski definition) is 0. The molecular formula is C9H7ClFN. The molecular weight excluding hydrogens is 177 g/mol. The smallest absolute Gasteiger partial charge is 0.127 e. The molecule has 1 rings (SSSR count). The number of aryl methyl sites for hydroxylation is 1. The number of halogens is 2. The lowest BCUT2D eigenvalue weighted by molar-refractivity contribution is 0.610. The van der Waals surface area contributed by atoms with Crippen LogP contribution in [0.1, 0.15) is 12.0 Å². The van der Waals surface area contributed by atoms with Crippen molar-refractivity contribution in [2.45, 2.75) is 12.8 Å². The van der Waals surface area contributed by atoms with Crippen LogP contribution in [0.4, 0.5) is 4.39 Å². The normalized spacial score (nSPS) is 9.42. The van der Waals surface area contributed by atoms with Gasteiger partial charge in [0.2, 0.25) is 0 Å². The third-order valence-corrected chi connectivity index (χ3v) is 1.76. The van der Waals surface area contributed by atoms with Crippen molar-refractivity contribution in [1.29, 1.82) is 5.26 Å². The van der Waals surface area contributed by atoms with Crippen molar-refractivity contribution in [2.24, 2.45) is 0 Å². The lowest BCUT2D eigenvalue weighted by Crippen LogP contribution is -1.88. The van der Waals surface area contributed by atoms with Gasteiger partial charge in [-0.2, -0.15) is 5.26 Å². The fraction of sp³-hybridized carbons (Fsp3) is 0.222. The van der Waals surface area contributed by atoms with Gasteiger partial charge in [0.25, 0.3) is 0 Å². The van der Waals surface area contributed by atoms with E-state index in [4.69, 9.17) is 16.9 Å². The maximum Gasteiger partial charge on any atom is 0.127 e. The molecule has 1 aromatic rings. The Balaban J connectivity index is 2.81. The van der Waals surface area contributed by atoms with E-state index < -0.39 is 0 Å². The summed E-state index contributed by atoms with van der Waals surface area (Å²) in [6, 6.07) is 6.45. The van der Waals surface area contributed by atoms with Gasteiger partial charge in [0.15, 0.2) is 0 Å². The van der Waals surface area contributed by atoms with Crippen LogP contribution in [0.25, 0.3) is 0 Å². The zero-order valence-corrected chi connectivity index (χ0v) is 7.11. The van der Waals surface area contributed by atoms with Crippen LogP contribution < -0.4 is 0 Å². The zero-order valence-electron chi connectivity index (χ0n) is 6.35. The van der Waals surface area contributed by atoms with Gasteiger partial charge in [-0.3, -0.25) is 0 Å². The Kier molecular flexibility index (Phi) is 3.07. The fourth-order valence-corrected chi connectivity index (χ4v) is 1.07. The van der Waals surface area contributed by atoms with E-state index in [2.05, 4.69) is 0 Å². The average Bonchev–Trinajstić information content (AvgIpc) is 2.03. The predicted octanol–water partition coefficient (Wildman–Crippen LogP) is 2.94. The molecule has 0 aliphatic carbocycles. The predicted molar refractivity (Wildman–Crippen MR) is 45.3 cm³/mol. The molecule has 0 spiro atoms. The van der Waals surface area contributed by atoms with E-state index in [0.29, 0.717) is 23.4 Å². The minimum Gasteiger partial charge on any atom is -0.207 e. The van der Waals surface area contributed by atoms with Gasteiger partial charge in [-0.05, 0) is 24.1 Å². The van der Waals surface area contributed by atoms with E-state index in [1.807, 2.05) is 6.07 Å². The van der Waals surface area contributed by atoms with Gasteiger partial charge in [-0.25, -0.2) is 4.39 Å². The largest absolute Gasteiger partial charge is 0.207 e. The molecule has 0 aromatic heterocycles. The molecule has 0 saturated heterocycles. The lowest BCUT2D eigenvalue weighted by Gasteiger charge is -1.99. The Labute approximate surface area is 75.4 Å². The van der Waals surface area contributed by atoms with E-state index >= 15 is 0 Å². The average molecular weight is 184 g/mol. The Bertz CT molecular complexity index is 317. The summed E-state index contributed by atoms with van der Waals surface area (Å²) in [6.07, 6.45) is 0.776. The molecule has 1 aromatic carbocycles. The SMILES string of the molecule is N#CCCc1ccc(Cl)cc1F. The number of hydrogen-bond acceptors (Lipinski definition) is 1. The molecule has 0 heterocycles. The summed E-state index contributed by atoms with van der Waals surface area (Å²) in [7, 11) is 0. The molecule has 0 unspecified atom stereocenters. The third-order valence-electron chi connectivity index (χ3n) is 1.52. The molecule has 0 aliphatic heterocycles. The Morgan fingerprint density at radius 3 is 2.83 bits per heavy atom. The number of nitriles is 1. The molecule has 0 aliphatic rings. The van der Waals surface area contributed by atoms with Crippen LogP contribution in [0.2, 0.25) is 5.02 Å². The highest BCUT2D eigenvalue weighted by Gasteiger charge is 2.01. The fourth-order valence-electron chi connectivity index (χ4n) is 0.915. The summed E-state index contributed by atoms with van der Waals surface area (Å²) in [5, 5.41) is 8.66. The van der Waals surface area contributed by atoms with Crippen LogP contribution in [0.5, 0.6) is 0 Å². The molecule has 0 bridgehead atoms. The molecule has 0 atom stereocenters. The molecule has 0 fully saturated rings. The molecule has 0 saturated carbocycles. The van der Waals surface area contributed by atoms with Crippen molar-refractivity contribution in [2.75, 3.05) is 0 Å². The molecule has 3 heteroatoms. The van der Waals surface area contributed by atoms with Gasteiger partial charge < -0.3 is 0 Å². The molecule has 1 nitrogen and oxygen atoms in total. The van der Waals surface area contributed by atoms with Crippen LogP contribution in [0.15, 0.2) is 18.2 Å². The van der Waals surface area contributed by atoms with E-state index in [1.54, 1.807) is 12.1 Å². The molecule has 0 radical (unpaired) electrons. The van der Waals surface area contributed by atoms with Gasteiger partial charge >= 0.3 is 0 Å². The first-order valence-electron chi connectivity index (χ1n) is 3.55. The standard InChI is InChI=1S/C9H7ClFN/c10-8-4-3-7(2-1-5-12)9(11)6-8/h3-4,6H,1-2H2. The van der Waals surface area contributed by atoms with Crippen molar-refractivity contribution in [3.8, 4) is 6.07 Å². The second kappa shape index (κ2) is 4.08. The van der Waals surface area contributed by atoms with Gasteiger partial charge in [0.1, 0.15) is 5.82 Å². The highest BCUT2D eigenvalue weighted by Crippen LogP contribution is 2.15. The van der Waals surface area contributed by atoms with Crippen LogP contribution in [0, 0.1) is 17.1 Å². The number of benzene rings is 1. The summed E-state index contributed by atoms with van der Waals surface area (Å²) in [5.41, 5.74) is 0.543. The van der Waals surface area contributed by atoms with Crippen molar-refractivity contribution in [1.82, 2.24) is 0 Å². The van der Waals surface area contributed by atoms with Crippen LogP contribution in [0.3, 0.4) is 0 Å². The molecule has 62 valence electrons. The molecule has 12 heavy (non-hydrogen) atoms. The number of rotatable bonds is 2. The summed E-state index contributed by atoms with van der Waals surface area (Å²) in [5.74, 6) is -0.335. The van der Waals surface area contributed by atoms with Crippen molar-refractivity contribution >= 4 is 11.6 Å². The first-order valence-corrected chi connectivity index (χ1v) is 3.92. The second-order valence-corrected chi connectivity index (χ2v) is 2.83. The molecule has 0 N–H and O–H groups in total. The van der Waals surface area contributed by atoms with Crippen LogP contribution in [-0.4, -0.2) is 0 Å². The monoisotopic (exact) mass is 183 g/mol. The maximum atomic E-state index is 13.0. The maximum absolute atomic E-state index is 13.0. The van der Waals surface area contributed by atoms with Crippen molar-refractivity contribution < 1.29 is 4.39 Å². The van der Waals surface area contributed by atoms with Crippen molar-refractivity contribution in [3.05, 3.63) is 34.6 Å². The van der Waals surface area contributed by atoms with E-state index in [-0.39, 0.29) is 5.82 Å². The van der Waals surface area contributed by atoms with Crippen LogP contribution >= 0.6 is 11.6 Å². The molecule has 0 amide bonds. The first kappa shape index (κ1) is 9.02. The summed E-state index contributed by atoms with van der Waals surface area (Å²) >= 11 is 5.55. The summed E-state index contributed by atoms with van der Waals surface area (Å²) < 4.78 is 13.0. The highest BCUT2D eigenvalue weighted by molar-refractivity contribution is 6.30. The summed E-state index contributed by atoms with van der Waals surface area (Å²) in [6.45, 7) is 0.